The number of hydroxylamine groups is 2. The number of hydrogen-bond donors (Lipinski definition) is 2. The van der Waals surface area contributed by atoms with E-state index in [1.807, 2.05) is 58.5 Å². The van der Waals surface area contributed by atoms with Crippen molar-refractivity contribution in [2.45, 2.75) is 114 Å². The molecule has 3 heterocycles. The predicted molar refractivity (Wildman–Crippen MR) is 146 cm³/mol. The van der Waals surface area contributed by atoms with Gasteiger partial charge in [0.15, 0.2) is 0 Å². The van der Waals surface area contributed by atoms with Crippen molar-refractivity contribution in [1.82, 2.24) is 25.5 Å². The van der Waals surface area contributed by atoms with Crippen LogP contribution in [0.15, 0.2) is 0 Å². The Kier molecular flexibility index (Phi) is 10.2. The highest BCUT2D eigenvalue weighted by Gasteiger charge is 2.55. The van der Waals surface area contributed by atoms with Gasteiger partial charge in [0, 0.05) is 50.1 Å². The highest BCUT2D eigenvalue weighted by Crippen LogP contribution is 2.44. The second-order valence-electron chi connectivity index (χ2n) is 12.4. The molecule has 3 rings (SSSR count). The van der Waals surface area contributed by atoms with Gasteiger partial charge in [-0.25, -0.2) is 4.79 Å². The molecule has 37 heavy (non-hydrogen) atoms. The van der Waals surface area contributed by atoms with Gasteiger partial charge in [-0.2, -0.15) is 11.8 Å². The molecule has 0 spiro atoms. The quantitative estimate of drug-likeness (QED) is 0.276. The van der Waals surface area contributed by atoms with E-state index in [0.717, 1.165) is 62.3 Å². The summed E-state index contributed by atoms with van der Waals surface area (Å²) in [7, 11) is 3.73. The lowest BCUT2D eigenvalue weighted by atomic mass is 9.86. The van der Waals surface area contributed by atoms with Crippen molar-refractivity contribution in [3.05, 3.63) is 0 Å². The first-order valence-electron chi connectivity index (χ1n) is 14.0. The minimum Gasteiger partial charge on any atom is -0.346 e. The first-order valence-corrected chi connectivity index (χ1v) is 15.0. The monoisotopic (exact) mass is 538 g/mol. The van der Waals surface area contributed by atoms with E-state index in [1.54, 1.807) is 4.90 Å². The Balaban J connectivity index is 1.22. The standard InChI is InChI=1S/C27H48N5O4S/c1-26(2)17-19(27(3,4)32(26)36)24(34)31(6)16-12-8-7-11-15-30(5)22(33)14-10-9-13-21-23-20(18-37-21)28-25(35)29-23/h19-21,23H,7-18H2,1-6H3,(H2,28,29,35)/t19?,20-,21-,23-/m0/s1. The molecule has 2 N–H and O–H groups in total. The number of amides is 4. The molecule has 0 saturated carbocycles. The first-order chi connectivity index (χ1) is 17.3. The van der Waals surface area contributed by atoms with Gasteiger partial charge in [-0.3, -0.25) is 9.59 Å². The number of thioether (sulfide) groups is 1. The van der Waals surface area contributed by atoms with Crippen LogP contribution in [-0.2, 0) is 14.8 Å². The minimum atomic E-state index is -0.685. The van der Waals surface area contributed by atoms with E-state index >= 15 is 0 Å². The zero-order valence-electron chi connectivity index (χ0n) is 23.7. The van der Waals surface area contributed by atoms with Crippen molar-refractivity contribution in [3.8, 4) is 0 Å². The summed E-state index contributed by atoms with van der Waals surface area (Å²) < 4.78 is 0. The molecule has 0 aromatic carbocycles. The Morgan fingerprint density at radius 3 is 2.24 bits per heavy atom. The summed E-state index contributed by atoms with van der Waals surface area (Å²) in [6.07, 6.45) is 8.02. The number of rotatable bonds is 13. The van der Waals surface area contributed by atoms with Crippen LogP contribution in [0.3, 0.4) is 0 Å². The van der Waals surface area contributed by atoms with Crippen molar-refractivity contribution in [2.24, 2.45) is 5.92 Å². The Morgan fingerprint density at radius 2 is 1.62 bits per heavy atom. The van der Waals surface area contributed by atoms with Crippen LogP contribution in [0, 0.1) is 5.92 Å². The molecular weight excluding hydrogens is 490 g/mol. The topological polar surface area (TPSA) is 105 Å². The van der Waals surface area contributed by atoms with Crippen LogP contribution >= 0.6 is 11.8 Å². The lowest BCUT2D eigenvalue weighted by molar-refractivity contribution is -0.248. The summed E-state index contributed by atoms with van der Waals surface area (Å²) >= 11 is 1.92. The fourth-order valence-electron chi connectivity index (χ4n) is 6.15. The van der Waals surface area contributed by atoms with Crippen LogP contribution in [0.4, 0.5) is 4.79 Å². The molecule has 4 atom stereocenters. The number of carbonyl (C=O) groups is 3. The third kappa shape index (κ3) is 7.32. The molecule has 1 radical (unpaired) electrons. The summed E-state index contributed by atoms with van der Waals surface area (Å²) in [5.74, 6) is 0.962. The van der Waals surface area contributed by atoms with E-state index in [2.05, 4.69) is 10.6 Å². The maximum Gasteiger partial charge on any atom is 0.315 e. The van der Waals surface area contributed by atoms with Gasteiger partial charge in [0.25, 0.3) is 0 Å². The van der Waals surface area contributed by atoms with Gasteiger partial charge in [-0.1, -0.05) is 19.3 Å². The van der Waals surface area contributed by atoms with Crippen LogP contribution in [0.2, 0.25) is 0 Å². The molecule has 10 heteroatoms. The van der Waals surface area contributed by atoms with E-state index < -0.39 is 11.1 Å². The van der Waals surface area contributed by atoms with E-state index in [1.165, 1.54) is 0 Å². The molecule has 3 aliphatic rings. The van der Waals surface area contributed by atoms with Crippen molar-refractivity contribution < 1.29 is 19.6 Å². The van der Waals surface area contributed by atoms with Gasteiger partial charge < -0.3 is 20.4 Å². The van der Waals surface area contributed by atoms with E-state index in [4.69, 9.17) is 0 Å². The number of urea groups is 1. The number of carbonyl (C=O) groups excluding carboxylic acids is 3. The lowest BCUT2D eigenvalue weighted by Gasteiger charge is -2.34. The molecule has 0 bridgehead atoms. The number of nitrogens with one attached hydrogen (secondary N) is 2. The van der Waals surface area contributed by atoms with Crippen molar-refractivity contribution >= 4 is 29.6 Å². The van der Waals surface area contributed by atoms with Crippen molar-refractivity contribution in [3.63, 3.8) is 0 Å². The number of hydrogen-bond acceptors (Lipinski definition) is 5. The number of fused-ring (bicyclic) bond motifs is 1. The highest BCUT2D eigenvalue weighted by atomic mass is 32.2. The van der Waals surface area contributed by atoms with Gasteiger partial charge >= 0.3 is 6.03 Å². The maximum atomic E-state index is 13.0. The number of unbranched alkanes of at least 4 members (excludes halogenated alkanes) is 4. The van der Waals surface area contributed by atoms with Crippen LogP contribution in [-0.4, -0.2) is 94.1 Å². The molecule has 1 unspecified atom stereocenters. The second kappa shape index (κ2) is 12.6. The Hall–Kier alpha value is -1.52. The van der Waals surface area contributed by atoms with Gasteiger partial charge in [0.05, 0.1) is 23.5 Å². The zero-order valence-corrected chi connectivity index (χ0v) is 24.5. The van der Waals surface area contributed by atoms with Gasteiger partial charge in [-0.15, -0.1) is 10.3 Å². The van der Waals surface area contributed by atoms with Gasteiger partial charge in [-0.05, 0) is 59.8 Å². The average molecular weight is 539 g/mol. The number of nitrogens with zero attached hydrogens (tertiary/aromatic N) is 3. The lowest BCUT2D eigenvalue weighted by Crippen LogP contribution is -2.49. The maximum absolute atomic E-state index is 13.0. The molecule has 0 aromatic rings. The largest absolute Gasteiger partial charge is 0.346 e. The molecule has 0 aromatic heterocycles. The van der Waals surface area contributed by atoms with Crippen molar-refractivity contribution in [1.29, 1.82) is 0 Å². The summed E-state index contributed by atoms with van der Waals surface area (Å²) in [5.41, 5.74) is -1.20. The van der Waals surface area contributed by atoms with Gasteiger partial charge in [0.2, 0.25) is 11.8 Å². The third-order valence-corrected chi connectivity index (χ3v) is 10.0. The SMILES string of the molecule is CN(CCCCCCN(C)C(=O)C1CC(C)(C)N([O])C1(C)C)C(=O)CCCC[C@@H]1SC[C@@H]2NC(=O)N[C@@H]21. The van der Waals surface area contributed by atoms with Crippen LogP contribution in [0.1, 0.15) is 85.5 Å². The molecule has 3 aliphatic heterocycles. The average Bonchev–Trinajstić information content (AvgIpc) is 3.44. The molecule has 0 aliphatic carbocycles. The van der Waals surface area contributed by atoms with Crippen LogP contribution < -0.4 is 10.6 Å². The van der Waals surface area contributed by atoms with Gasteiger partial charge in [0.1, 0.15) is 0 Å². The Labute approximate surface area is 227 Å². The fourth-order valence-corrected chi connectivity index (χ4v) is 7.69. The Morgan fingerprint density at radius 1 is 0.973 bits per heavy atom. The highest BCUT2D eigenvalue weighted by molar-refractivity contribution is 8.00. The van der Waals surface area contributed by atoms with Crippen LogP contribution in [0.5, 0.6) is 0 Å². The first kappa shape index (κ1) is 30.0. The predicted octanol–water partition coefficient (Wildman–Crippen LogP) is 3.41. The molecule has 4 amide bonds. The van der Waals surface area contributed by atoms with E-state index in [0.29, 0.717) is 24.6 Å². The third-order valence-electron chi connectivity index (χ3n) is 8.53. The fraction of sp³-hybridized carbons (Fsp3) is 0.889. The van der Waals surface area contributed by atoms with E-state index in [-0.39, 0.29) is 35.8 Å². The van der Waals surface area contributed by atoms with E-state index in [9.17, 15) is 19.6 Å². The molecule has 211 valence electrons. The molecule has 3 saturated heterocycles. The zero-order chi connectivity index (χ0) is 27.4. The Bertz CT molecular complexity index is 823. The summed E-state index contributed by atoms with van der Waals surface area (Å²) in [5, 5.41) is 20.1. The minimum absolute atomic E-state index is 0.0493. The smallest absolute Gasteiger partial charge is 0.315 e. The molecule has 3 fully saturated rings. The summed E-state index contributed by atoms with van der Waals surface area (Å²) in [4.78, 5) is 40.6. The molecule has 9 nitrogen and oxygen atoms in total. The molecular formula is C27H48N5O4S. The summed E-state index contributed by atoms with van der Waals surface area (Å²) in [6.45, 7) is 9.03. The second-order valence-corrected chi connectivity index (χ2v) is 13.6. The normalized spacial score (nSPS) is 28.0. The van der Waals surface area contributed by atoms with Crippen LogP contribution in [0.25, 0.3) is 0 Å². The van der Waals surface area contributed by atoms with Crippen molar-refractivity contribution in [2.75, 3.05) is 32.9 Å². The summed E-state index contributed by atoms with van der Waals surface area (Å²) in [6, 6.07) is 0.443.